The predicted octanol–water partition coefficient (Wildman–Crippen LogP) is 2.44. The van der Waals surface area contributed by atoms with Crippen molar-refractivity contribution >= 4 is 21.6 Å². The Balaban J connectivity index is 1.99. The van der Waals surface area contributed by atoms with E-state index in [0.29, 0.717) is 29.2 Å². The molecule has 0 bridgehead atoms. The lowest BCUT2D eigenvalue weighted by molar-refractivity contribution is -0.116. The first-order chi connectivity index (χ1) is 11.9. The molecule has 0 unspecified atom stereocenters. The Hall–Kier alpha value is -2.35. The van der Waals surface area contributed by atoms with Crippen molar-refractivity contribution in [2.24, 2.45) is 0 Å². The van der Waals surface area contributed by atoms with Crippen LogP contribution in [0.15, 0.2) is 24.3 Å². The first-order valence-electron chi connectivity index (χ1n) is 8.19. The summed E-state index contributed by atoms with van der Waals surface area (Å²) in [5, 5.41) is 7.28. The second-order valence-corrected chi connectivity index (χ2v) is 8.13. The maximum atomic E-state index is 12.2. The van der Waals surface area contributed by atoms with Gasteiger partial charge in [0.1, 0.15) is 11.6 Å². The van der Waals surface area contributed by atoms with E-state index in [4.69, 9.17) is 4.74 Å². The van der Waals surface area contributed by atoms with E-state index in [1.54, 1.807) is 23.9 Å². The second-order valence-electron chi connectivity index (χ2n) is 6.07. The highest BCUT2D eigenvalue weighted by molar-refractivity contribution is 7.90. The number of methoxy groups -OCH3 is 1. The van der Waals surface area contributed by atoms with Gasteiger partial charge in [-0.25, -0.2) is 13.1 Å². The van der Waals surface area contributed by atoms with E-state index in [1.807, 2.05) is 19.1 Å². The lowest BCUT2D eigenvalue weighted by Crippen LogP contribution is -2.16. The summed E-state index contributed by atoms with van der Waals surface area (Å²) in [6, 6.07) is 7.22. The summed E-state index contributed by atoms with van der Waals surface area (Å²) >= 11 is 0. The highest BCUT2D eigenvalue weighted by Crippen LogP contribution is 2.33. The van der Waals surface area contributed by atoms with Gasteiger partial charge in [0.2, 0.25) is 5.91 Å². The number of amides is 1. The molecule has 8 heteroatoms. The molecule has 0 atom stereocenters. The quantitative estimate of drug-likeness (QED) is 0.851. The van der Waals surface area contributed by atoms with Gasteiger partial charge in [-0.15, -0.1) is 0 Å². The summed E-state index contributed by atoms with van der Waals surface area (Å²) in [7, 11) is -1.61. The zero-order chi connectivity index (χ0) is 18.0. The maximum absolute atomic E-state index is 12.2. The monoisotopic (exact) mass is 363 g/mol. The summed E-state index contributed by atoms with van der Waals surface area (Å²) in [6.45, 7) is 2.01. The minimum absolute atomic E-state index is 0.0939. The normalized spacial score (nSPS) is 15.0. The van der Waals surface area contributed by atoms with E-state index in [-0.39, 0.29) is 17.4 Å². The molecule has 1 aliphatic heterocycles. The van der Waals surface area contributed by atoms with Crippen LogP contribution in [-0.2, 0) is 26.1 Å². The number of rotatable bonds is 6. The molecule has 134 valence electrons. The molecule has 0 saturated carbocycles. The third kappa shape index (κ3) is 3.68. The van der Waals surface area contributed by atoms with Crippen LogP contribution in [0.25, 0.3) is 5.69 Å². The number of carbonyl (C=O) groups is 1. The van der Waals surface area contributed by atoms with E-state index < -0.39 is 9.84 Å². The Bertz CT molecular complexity index is 885. The van der Waals surface area contributed by atoms with Crippen molar-refractivity contribution in [1.82, 2.24) is 9.78 Å². The van der Waals surface area contributed by atoms with Gasteiger partial charge in [-0.1, -0.05) is 13.3 Å². The number of carbonyl (C=O) groups excluding carboxylic acids is 1. The number of unbranched alkanes of at least 4 members (excludes halogenated alkanes) is 1. The van der Waals surface area contributed by atoms with Crippen LogP contribution >= 0.6 is 0 Å². The first kappa shape index (κ1) is 17.5. The smallest absolute Gasteiger partial charge is 0.225 e. The van der Waals surface area contributed by atoms with Gasteiger partial charge in [-0.2, -0.15) is 5.10 Å². The summed E-state index contributed by atoms with van der Waals surface area (Å²) in [4.78, 5) is 12.2. The van der Waals surface area contributed by atoms with Gasteiger partial charge < -0.3 is 10.1 Å². The molecule has 7 nitrogen and oxygen atoms in total. The minimum Gasteiger partial charge on any atom is -0.497 e. The zero-order valence-electron chi connectivity index (χ0n) is 14.3. The molecule has 25 heavy (non-hydrogen) atoms. The Morgan fingerprint density at radius 1 is 1.28 bits per heavy atom. The van der Waals surface area contributed by atoms with Gasteiger partial charge in [-0.3, -0.25) is 4.79 Å². The Morgan fingerprint density at radius 2 is 2.00 bits per heavy atom. The van der Waals surface area contributed by atoms with Crippen molar-refractivity contribution in [2.45, 2.75) is 37.7 Å². The summed E-state index contributed by atoms with van der Waals surface area (Å²) < 4.78 is 30.6. The fourth-order valence-electron chi connectivity index (χ4n) is 2.81. The van der Waals surface area contributed by atoms with Crippen molar-refractivity contribution < 1.29 is 17.9 Å². The molecule has 2 aromatic rings. The van der Waals surface area contributed by atoms with E-state index >= 15 is 0 Å². The van der Waals surface area contributed by atoms with Crippen molar-refractivity contribution in [3.8, 4) is 11.4 Å². The van der Waals surface area contributed by atoms with Crippen LogP contribution in [0.3, 0.4) is 0 Å². The topological polar surface area (TPSA) is 90.3 Å². The van der Waals surface area contributed by atoms with Gasteiger partial charge in [0.25, 0.3) is 0 Å². The Labute approximate surface area is 146 Å². The third-order valence-corrected chi connectivity index (χ3v) is 5.56. The lowest BCUT2D eigenvalue weighted by atomic mass is 10.2. The fourth-order valence-corrected chi connectivity index (χ4v) is 4.31. The largest absolute Gasteiger partial charge is 0.497 e. The van der Waals surface area contributed by atoms with Crippen molar-refractivity contribution in [1.29, 1.82) is 0 Å². The number of aromatic nitrogens is 2. The molecule has 0 radical (unpaired) electrons. The molecular weight excluding hydrogens is 342 g/mol. The molecule has 1 aromatic carbocycles. The number of hydrogen-bond acceptors (Lipinski definition) is 5. The average molecular weight is 363 g/mol. The van der Waals surface area contributed by atoms with Gasteiger partial charge >= 0.3 is 0 Å². The second kappa shape index (κ2) is 6.87. The minimum atomic E-state index is -3.19. The van der Waals surface area contributed by atoms with E-state index in [1.165, 1.54) is 0 Å². The van der Waals surface area contributed by atoms with E-state index in [9.17, 15) is 13.2 Å². The van der Waals surface area contributed by atoms with Crippen molar-refractivity contribution in [3.63, 3.8) is 0 Å². The summed E-state index contributed by atoms with van der Waals surface area (Å²) in [5.74, 6) is 0.830. The number of anilines is 1. The van der Waals surface area contributed by atoms with Crippen LogP contribution in [0.2, 0.25) is 0 Å². The van der Waals surface area contributed by atoms with Crippen molar-refractivity contribution in [3.05, 3.63) is 35.5 Å². The van der Waals surface area contributed by atoms with E-state index in [0.717, 1.165) is 18.5 Å². The van der Waals surface area contributed by atoms with Crippen LogP contribution in [0.5, 0.6) is 5.75 Å². The highest BCUT2D eigenvalue weighted by Gasteiger charge is 2.33. The van der Waals surface area contributed by atoms with Gasteiger partial charge in [0.15, 0.2) is 9.84 Å². The summed E-state index contributed by atoms with van der Waals surface area (Å²) in [5.41, 5.74) is 1.82. The van der Waals surface area contributed by atoms with Gasteiger partial charge in [-0.05, 0) is 30.7 Å². The van der Waals surface area contributed by atoms with Crippen LogP contribution in [0.4, 0.5) is 5.82 Å². The first-order valence-corrected chi connectivity index (χ1v) is 10.0. The van der Waals surface area contributed by atoms with Gasteiger partial charge in [0, 0.05) is 12.0 Å². The average Bonchev–Trinajstić information content (AvgIpc) is 3.06. The van der Waals surface area contributed by atoms with Crippen LogP contribution in [-0.4, -0.2) is 31.2 Å². The maximum Gasteiger partial charge on any atom is 0.225 e. The fraction of sp³-hybridized carbons (Fsp3) is 0.412. The Morgan fingerprint density at radius 3 is 2.64 bits per heavy atom. The predicted molar refractivity (Wildman–Crippen MR) is 94.6 cm³/mol. The molecule has 0 fully saturated rings. The lowest BCUT2D eigenvalue weighted by Gasteiger charge is -2.11. The molecular formula is C17H21N3O4S. The number of sulfone groups is 1. The van der Waals surface area contributed by atoms with Crippen LogP contribution in [0.1, 0.15) is 37.4 Å². The van der Waals surface area contributed by atoms with Gasteiger partial charge in [0.05, 0.1) is 30.0 Å². The molecule has 0 saturated heterocycles. The SMILES string of the molecule is CCCCC(=O)Nc1c2c(nn1-c1ccc(OC)cc1)CS(=O)(=O)C2. The van der Waals surface area contributed by atoms with Crippen LogP contribution in [0, 0.1) is 0 Å². The number of ether oxygens (including phenoxy) is 1. The standard InChI is InChI=1S/C17H21N3O4S/c1-3-4-5-16(21)18-17-14-10-25(22,23)11-15(14)19-20(17)12-6-8-13(24-2)9-7-12/h6-9H,3-5,10-11H2,1-2H3,(H,18,21). The molecule has 1 aliphatic rings. The number of benzene rings is 1. The number of nitrogens with zero attached hydrogens (tertiary/aromatic N) is 2. The number of hydrogen-bond donors (Lipinski definition) is 1. The van der Waals surface area contributed by atoms with Crippen LogP contribution < -0.4 is 10.1 Å². The molecule has 1 amide bonds. The number of fused-ring (bicyclic) bond motifs is 1. The highest BCUT2D eigenvalue weighted by atomic mass is 32.2. The number of nitrogens with one attached hydrogen (secondary N) is 1. The molecule has 0 aliphatic carbocycles. The third-order valence-electron chi connectivity index (χ3n) is 4.12. The molecule has 1 aromatic heterocycles. The zero-order valence-corrected chi connectivity index (χ0v) is 15.1. The summed E-state index contributed by atoms with van der Waals surface area (Å²) in [6.07, 6.45) is 2.09. The Kier molecular flexibility index (Phi) is 4.80. The molecule has 0 spiro atoms. The van der Waals surface area contributed by atoms with E-state index in [2.05, 4.69) is 10.4 Å². The molecule has 2 heterocycles. The van der Waals surface area contributed by atoms with Crippen molar-refractivity contribution in [2.75, 3.05) is 12.4 Å². The molecule has 1 N–H and O–H groups in total. The molecule has 3 rings (SSSR count).